The van der Waals surface area contributed by atoms with Crippen LogP contribution in [0, 0.1) is 6.92 Å². The zero-order valence-electron chi connectivity index (χ0n) is 17.9. The Morgan fingerprint density at radius 2 is 1.84 bits per heavy atom. The van der Waals surface area contributed by atoms with E-state index >= 15 is 0 Å². The van der Waals surface area contributed by atoms with E-state index in [-0.39, 0.29) is 12.7 Å². The number of anilines is 1. The van der Waals surface area contributed by atoms with E-state index in [9.17, 15) is 4.79 Å². The molecule has 0 saturated heterocycles. The molecule has 3 aromatic rings. The summed E-state index contributed by atoms with van der Waals surface area (Å²) >= 11 is 0. The Bertz CT molecular complexity index is 1070. The summed E-state index contributed by atoms with van der Waals surface area (Å²) in [5, 5.41) is 3.06. The normalized spacial score (nSPS) is 13.2. The molecule has 6 nitrogen and oxygen atoms in total. The summed E-state index contributed by atoms with van der Waals surface area (Å²) in [6.07, 6.45) is 0. The van der Waals surface area contributed by atoms with Crippen LogP contribution >= 0.6 is 0 Å². The first-order valence-corrected chi connectivity index (χ1v) is 10.1. The number of methoxy groups -OCH3 is 1. The number of amides is 1. The fourth-order valence-electron chi connectivity index (χ4n) is 3.78. The highest BCUT2D eigenvalue weighted by atomic mass is 16.7. The standard InChI is InChI=1S/C25H26N2O4/c1-17-9-11-21(29-3)20(13-17)26-25(28)24(19-7-5-4-6-8-19)27(2)15-18-10-12-22-23(14-18)31-16-30-22/h4-14,24H,15-16H2,1-3H3,(H,26,28)/t24-/m0/s1. The van der Waals surface area contributed by atoms with Crippen LogP contribution in [-0.4, -0.2) is 31.8 Å². The first-order valence-electron chi connectivity index (χ1n) is 10.1. The van der Waals surface area contributed by atoms with Gasteiger partial charge in [-0.2, -0.15) is 0 Å². The third-order valence-corrected chi connectivity index (χ3v) is 5.29. The molecule has 0 aliphatic carbocycles. The van der Waals surface area contributed by atoms with Gasteiger partial charge in [0.25, 0.3) is 0 Å². The molecule has 1 amide bonds. The van der Waals surface area contributed by atoms with Crippen molar-refractivity contribution in [2.45, 2.75) is 19.5 Å². The molecule has 3 aromatic carbocycles. The van der Waals surface area contributed by atoms with Gasteiger partial charge in [-0.05, 0) is 54.9 Å². The molecular formula is C25H26N2O4. The molecule has 1 N–H and O–H groups in total. The molecular weight excluding hydrogens is 392 g/mol. The lowest BCUT2D eigenvalue weighted by atomic mass is 10.0. The molecule has 1 aliphatic heterocycles. The van der Waals surface area contributed by atoms with Gasteiger partial charge in [-0.3, -0.25) is 9.69 Å². The fourth-order valence-corrected chi connectivity index (χ4v) is 3.78. The summed E-state index contributed by atoms with van der Waals surface area (Å²) in [7, 11) is 3.54. The van der Waals surface area contributed by atoms with E-state index in [2.05, 4.69) is 5.32 Å². The summed E-state index contributed by atoms with van der Waals surface area (Å²) in [6.45, 7) is 2.78. The maximum atomic E-state index is 13.5. The van der Waals surface area contributed by atoms with Crippen molar-refractivity contribution in [3.8, 4) is 17.2 Å². The second-order valence-electron chi connectivity index (χ2n) is 7.61. The first-order chi connectivity index (χ1) is 15.0. The van der Waals surface area contributed by atoms with Crippen LogP contribution < -0.4 is 19.5 Å². The van der Waals surface area contributed by atoms with Crippen LogP contribution in [0.4, 0.5) is 5.69 Å². The molecule has 160 valence electrons. The monoisotopic (exact) mass is 418 g/mol. The van der Waals surface area contributed by atoms with E-state index in [0.717, 1.165) is 28.2 Å². The third-order valence-electron chi connectivity index (χ3n) is 5.29. The number of aryl methyl sites for hydroxylation is 1. The van der Waals surface area contributed by atoms with Gasteiger partial charge in [-0.15, -0.1) is 0 Å². The molecule has 1 heterocycles. The van der Waals surface area contributed by atoms with Crippen LogP contribution in [0.3, 0.4) is 0 Å². The van der Waals surface area contributed by atoms with Gasteiger partial charge in [0, 0.05) is 6.54 Å². The topological polar surface area (TPSA) is 60.0 Å². The second-order valence-corrected chi connectivity index (χ2v) is 7.61. The van der Waals surface area contributed by atoms with E-state index < -0.39 is 6.04 Å². The number of benzene rings is 3. The number of nitrogens with one attached hydrogen (secondary N) is 1. The van der Waals surface area contributed by atoms with Crippen molar-refractivity contribution in [1.29, 1.82) is 0 Å². The lowest BCUT2D eigenvalue weighted by Gasteiger charge is -2.28. The highest BCUT2D eigenvalue weighted by molar-refractivity contribution is 5.96. The predicted molar refractivity (Wildman–Crippen MR) is 120 cm³/mol. The molecule has 0 unspecified atom stereocenters. The lowest BCUT2D eigenvalue weighted by molar-refractivity contribution is -0.121. The first kappa shape index (κ1) is 20.8. The Kier molecular flexibility index (Phi) is 6.09. The van der Waals surface area contributed by atoms with Crippen molar-refractivity contribution >= 4 is 11.6 Å². The third kappa shape index (κ3) is 4.64. The molecule has 6 heteroatoms. The minimum Gasteiger partial charge on any atom is -0.495 e. The van der Waals surface area contributed by atoms with E-state index in [1.807, 2.05) is 85.6 Å². The number of hydrogen-bond donors (Lipinski definition) is 1. The maximum absolute atomic E-state index is 13.5. The summed E-state index contributed by atoms with van der Waals surface area (Å²) < 4.78 is 16.3. The van der Waals surface area contributed by atoms with E-state index in [1.165, 1.54) is 0 Å². The van der Waals surface area contributed by atoms with Crippen LogP contribution in [0.5, 0.6) is 17.2 Å². The number of hydrogen-bond acceptors (Lipinski definition) is 5. The summed E-state index contributed by atoms with van der Waals surface area (Å²) in [5.41, 5.74) is 3.65. The molecule has 0 aromatic heterocycles. The van der Waals surface area contributed by atoms with Crippen molar-refractivity contribution in [3.05, 3.63) is 83.4 Å². The molecule has 0 saturated carbocycles. The fraction of sp³-hybridized carbons (Fsp3) is 0.240. The molecule has 0 radical (unpaired) electrons. The number of ether oxygens (including phenoxy) is 3. The number of likely N-dealkylation sites (N-methyl/N-ethyl adjacent to an activating group) is 1. The molecule has 0 fully saturated rings. The molecule has 0 spiro atoms. The number of carbonyl (C=O) groups is 1. The van der Waals surface area contributed by atoms with Crippen LogP contribution in [0.1, 0.15) is 22.7 Å². The van der Waals surface area contributed by atoms with E-state index in [0.29, 0.717) is 18.0 Å². The van der Waals surface area contributed by atoms with Gasteiger partial charge in [0.2, 0.25) is 12.7 Å². The minimum absolute atomic E-state index is 0.127. The van der Waals surface area contributed by atoms with Crippen molar-refractivity contribution in [2.24, 2.45) is 0 Å². The Morgan fingerprint density at radius 3 is 2.61 bits per heavy atom. The molecule has 1 aliphatic rings. The average Bonchev–Trinajstić information content (AvgIpc) is 3.23. The zero-order valence-corrected chi connectivity index (χ0v) is 17.9. The van der Waals surface area contributed by atoms with Crippen LogP contribution in [-0.2, 0) is 11.3 Å². The smallest absolute Gasteiger partial charge is 0.246 e. The summed E-state index contributed by atoms with van der Waals surface area (Å²) in [5.74, 6) is 1.98. The maximum Gasteiger partial charge on any atom is 0.246 e. The van der Waals surface area contributed by atoms with E-state index in [4.69, 9.17) is 14.2 Å². The summed E-state index contributed by atoms with van der Waals surface area (Å²) in [6, 6.07) is 20.9. The summed E-state index contributed by atoms with van der Waals surface area (Å²) in [4.78, 5) is 15.5. The molecule has 4 rings (SSSR count). The number of nitrogens with zero attached hydrogens (tertiary/aromatic N) is 1. The van der Waals surface area contributed by atoms with Crippen molar-refractivity contribution in [1.82, 2.24) is 4.90 Å². The van der Waals surface area contributed by atoms with Crippen molar-refractivity contribution < 1.29 is 19.0 Å². The van der Waals surface area contributed by atoms with Gasteiger partial charge >= 0.3 is 0 Å². The molecule has 31 heavy (non-hydrogen) atoms. The molecule has 0 bridgehead atoms. The largest absolute Gasteiger partial charge is 0.495 e. The predicted octanol–water partition coefficient (Wildman–Crippen LogP) is 4.54. The number of carbonyl (C=O) groups excluding carboxylic acids is 1. The van der Waals surface area contributed by atoms with Gasteiger partial charge < -0.3 is 19.5 Å². The Balaban J connectivity index is 1.60. The Morgan fingerprint density at radius 1 is 1.06 bits per heavy atom. The SMILES string of the molecule is COc1ccc(C)cc1NC(=O)[C@H](c1ccccc1)N(C)Cc1ccc2c(c1)OCO2. The van der Waals surface area contributed by atoms with Gasteiger partial charge in [0.05, 0.1) is 12.8 Å². The van der Waals surface area contributed by atoms with Gasteiger partial charge in [0.1, 0.15) is 11.8 Å². The van der Waals surface area contributed by atoms with Crippen LogP contribution in [0.25, 0.3) is 0 Å². The quantitative estimate of drug-likeness (QED) is 0.610. The van der Waals surface area contributed by atoms with Crippen LogP contribution in [0.15, 0.2) is 66.7 Å². The van der Waals surface area contributed by atoms with Gasteiger partial charge in [-0.1, -0.05) is 42.5 Å². The van der Waals surface area contributed by atoms with Gasteiger partial charge in [-0.25, -0.2) is 0 Å². The highest BCUT2D eigenvalue weighted by Gasteiger charge is 2.26. The Hall–Kier alpha value is -3.51. The average molecular weight is 418 g/mol. The Labute approximate surface area is 182 Å². The number of rotatable bonds is 7. The highest BCUT2D eigenvalue weighted by Crippen LogP contribution is 2.34. The lowest BCUT2D eigenvalue weighted by Crippen LogP contribution is -2.34. The zero-order chi connectivity index (χ0) is 21.8. The second kappa shape index (κ2) is 9.10. The number of fused-ring (bicyclic) bond motifs is 1. The minimum atomic E-state index is -0.489. The van der Waals surface area contributed by atoms with Crippen molar-refractivity contribution in [2.75, 3.05) is 26.3 Å². The molecule has 1 atom stereocenters. The van der Waals surface area contributed by atoms with Crippen molar-refractivity contribution in [3.63, 3.8) is 0 Å². The van der Waals surface area contributed by atoms with Crippen LogP contribution in [0.2, 0.25) is 0 Å². The van der Waals surface area contributed by atoms with Gasteiger partial charge in [0.15, 0.2) is 11.5 Å². The van der Waals surface area contributed by atoms with E-state index in [1.54, 1.807) is 7.11 Å².